The smallest absolute Gasteiger partial charge is 0.261 e. The predicted molar refractivity (Wildman–Crippen MR) is 75.4 cm³/mol. The van der Waals surface area contributed by atoms with Gasteiger partial charge in [0.1, 0.15) is 5.75 Å². The Morgan fingerprint density at radius 3 is 2.47 bits per heavy atom. The highest BCUT2D eigenvalue weighted by Crippen LogP contribution is 2.14. The van der Waals surface area contributed by atoms with Gasteiger partial charge in [-0.15, -0.1) is 0 Å². The minimum Gasteiger partial charge on any atom is -0.481 e. The Bertz CT molecular complexity index is 389. The maximum absolute atomic E-state index is 12.0. The molecule has 1 amide bonds. The zero-order valence-electron chi connectivity index (χ0n) is 12.1. The number of ether oxygens (including phenoxy) is 2. The van der Waals surface area contributed by atoms with E-state index in [-0.39, 0.29) is 11.9 Å². The number of hydrogen-bond acceptors (Lipinski definition) is 3. The summed E-state index contributed by atoms with van der Waals surface area (Å²) in [6.07, 6.45) is 0.154. The fraction of sp³-hybridized carbons (Fsp3) is 0.533. The Labute approximate surface area is 115 Å². The summed E-state index contributed by atoms with van der Waals surface area (Å²) < 4.78 is 10.7. The molecule has 1 rings (SSSR count). The summed E-state index contributed by atoms with van der Waals surface area (Å²) in [5.41, 5.74) is 1.17. The fourth-order valence-corrected chi connectivity index (χ4v) is 1.73. The molecule has 0 saturated heterocycles. The third-order valence-corrected chi connectivity index (χ3v) is 2.77. The zero-order valence-corrected chi connectivity index (χ0v) is 12.1. The zero-order chi connectivity index (χ0) is 14.3. The number of benzene rings is 1. The molecule has 0 fully saturated rings. The first-order valence-electron chi connectivity index (χ1n) is 6.59. The number of carbonyl (C=O) groups excluding carboxylic acids is 1. The molecule has 0 aliphatic rings. The van der Waals surface area contributed by atoms with Gasteiger partial charge in [-0.1, -0.05) is 24.6 Å². The van der Waals surface area contributed by atoms with Crippen LogP contribution in [-0.4, -0.2) is 31.8 Å². The largest absolute Gasteiger partial charge is 0.481 e. The molecule has 0 aliphatic carbocycles. The van der Waals surface area contributed by atoms with Crippen LogP contribution in [0.4, 0.5) is 0 Å². The first-order chi connectivity index (χ1) is 9.06. The summed E-state index contributed by atoms with van der Waals surface area (Å²) in [7, 11) is 1.61. The van der Waals surface area contributed by atoms with Crippen LogP contribution in [0.5, 0.6) is 5.75 Å². The molecule has 106 valence electrons. The highest BCUT2D eigenvalue weighted by atomic mass is 16.5. The van der Waals surface area contributed by atoms with E-state index in [4.69, 9.17) is 9.47 Å². The molecular weight excluding hydrogens is 242 g/mol. The quantitative estimate of drug-likeness (QED) is 0.823. The molecule has 0 spiro atoms. The second-order valence-corrected chi connectivity index (χ2v) is 4.69. The van der Waals surface area contributed by atoms with Crippen molar-refractivity contribution in [2.24, 2.45) is 0 Å². The van der Waals surface area contributed by atoms with Gasteiger partial charge in [-0.2, -0.15) is 0 Å². The van der Waals surface area contributed by atoms with E-state index in [1.807, 2.05) is 45.0 Å². The molecule has 0 bridgehead atoms. The van der Waals surface area contributed by atoms with Crippen molar-refractivity contribution < 1.29 is 14.3 Å². The number of aryl methyl sites for hydroxylation is 1. The molecule has 0 heterocycles. The molecule has 1 aromatic carbocycles. The van der Waals surface area contributed by atoms with Crippen LogP contribution in [0.3, 0.4) is 0 Å². The Balaban J connectivity index is 2.57. The van der Waals surface area contributed by atoms with E-state index in [0.29, 0.717) is 18.8 Å². The fourth-order valence-electron chi connectivity index (χ4n) is 1.73. The summed E-state index contributed by atoms with van der Waals surface area (Å²) in [4.78, 5) is 12.0. The van der Waals surface area contributed by atoms with Crippen LogP contribution in [0, 0.1) is 6.92 Å². The van der Waals surface area contributed by atoms with E-state index in [2.05, 4.69) is 5.32 Å². The third kappa shape index (κ3) is 5.30. The molecule has 0 aliphatic heterocycles. The molecule has 4 nitrogen and oxygen atoms in total. The lowest BCUT2D eigenvalue weighted by Gasteiger charge is -2.20. The maximum Gasteiger partial charge on any atom is 0.261 e. The average molecular weight is 265 g/mol. The summed E-state index contributed by atoms with van der Waals surface area (Å²) in [6, 6.07) is 7.67. The van der Waals surface area contributed by atoms with Crippen LogP contribution in [0.1, 0.15) is 25.8 Å². The molecule has 0 radical (unpaired) electrons. The molecule has 4 heteroatoms. The van der Waals surface area contributed by atoms with Gasteiger partial charge in [0, 0.05) is 13.2 Å². The normalized spacial score (nSPS) is 13.7. The molecule has 19 heavy (non-hydrogen) atoms. The second-order valence-electron chi connectivity index (χ2n) is 4.69. The summed E-state index contributed by atoms with van der Waals surface area (Å²) in [5.74, 6) is 0.611. The van der Waals surface area contributed by atoms with Crippen LogP contribution in [0.15, 0.2) is 24.3 Å². The molecule has 0 saturated carbocycles. The van der Waals surface area contributed by atoms with E-state index in [0.717, 1.165) is 0 Å². The van der Waals surface area contributed by atoms with Gasteiger partial charge in [-0.05, 0) is 32.4 Å². The number of methoxy groups -OCH3 is 1. The van der Waals surface area contributed by atoms with Crippen molar-refractivity contribution in [1.82, 2.24) is 5.32 Å². The second kappa shape index (κ2) is 7.79. The number of hydrogen-bond donors (Lipinski definition) is 1. The first-order valence-corrected chi connectivity index (χ1v) is 6.59. The molecule has 2 atom stereocenters. The standard InChI is InChI=1S/C15H23NO3/c1-5-14(15(17)16-12(3)10-18-4)19-13-8-6-11(2)7-9-13/h6-9,12,14H,5,10H2,1-4H3,(H,16,17)/t12-,14-/m0/s1. The Morgan fingerprint density at radius 2 is 1.95 bits per heavy atom. The van der Waals surface area contributed by atoms with Crippen molar-refractivity contribution in [3.8, 4) is 5.75 Å². The van der Waals surface area contributed by atoms with E-state index >= 15 is 0 Å². The summed E-state index contributed by atoms with van der Waals surface area (Å²) in [5, 5.41) is 2.87. The molecule has 0 unspecified atom stereocenters. The van der Waals surface area contributed by atoms with Gasteiger partial charge in [0.2, 0.25) is 0 Å². The SMILES string of the molecule is CC[C@H](Oc1ccc(C)cc1)C(=O)N[C@@H](C)COC. The minimum atomic E-state index is -0.470. The lowest BCUT2D eigenvalue weighted by Crippen LogP contribution is -2.44. The third-order valence-electron chi connectivity index (χ3n) is 2.77. The van der Waals surface area contributed by atoms with Crippen molar-refractivity contribution in [2.75, 3.05) is 13.7 Å². The molecule has 1 aromatic rings. The van der Waals surface area contributed by atoms with Gasteiger partial charge in [0.15, 0.2) is 6.10 Å². The Hall–Kier alpha value is -1.55. The lowest BCUT2D eigenvalue weighted by atomic mass is 10.2. The Kier molecular flexibility index (Phi) is 6.36. The summed E-state index contributed by atoms with van der Waals surface area (Å²) >= 11 is 0. The van der Waals surface area contributed by atoms with Crippen molar-refractivity contribution in [1.29, 1.82) is 0 Å². The maximum atomic E-state index is 12.0. The van der Waals surface area contributed by atoms with Crippen LogP contribution < -0.4 is 10.1 Å². The highest BCUT2D eigenvalue weighted by molar-refractivity contribution is 5.81. The van der Waals surface area contributed by atoms with Crippen molar-refractivity contribution >= 4 is 5.91 Å². The van der Waals surface area contributed by atoms with E-state index < -0.39 is 6.10 Å². The predicted octanol–water partition coefficient (Wildman–Crippen LogP) is 2.30. The highest BCUT2D eigenvalue weighted by Gasteiger charge is 2.19. The van der Waals surface area contributed by atoms with Gasteiger partial charge >= 0.3 is 0 Å². The van der Waals surface area contributed by atoms with Crippen LogP contribution >= 0.6 is 0 Å². The van der Waals surface area contributed by atoms with E-state index in [1.54, 1.807) is 7.11 Å². The van der Waals surface area contributed by atoms with E-state index in [1.165, 1.54) is 5.56 Å². The van der Waals surface area contributed by atoms with Gasteiger partial charge in [0.05, 0.1) is 6.61 Å². The van der Waals surface area contributed by atoms with Crippen LogP contribution in [0.25, 0.3) is 0 Å². The number of amides is 1. The minimum absolute atomic E-state index is 0.0202. The molecule has 0 aromatic heterocycles. The molecule has 1 N–H and O–H groups in total. The van der Waals surface area contributed by atoms with Gasteiger partial charge in [-0.3, -0.25) is 4.79 Å². The van der Waals surface area contributed by atoms with Crippen molar-refractivity contribution in [3.63, 3.8) is 0 Å². The topological polar surface area (TPSA) is 47.6 Å². The van der Waals surface area contributed by atoms with Gasteiger partial charge < -0.3 is 14.8 Å². The van der Waals surface area contributed by atoms with Crippen LogP contribution in [0.2, 0.25) is 0 Å². The first kappa shape index (κ1) is 15.5. The van der Waals surface area contributed by atoms with Crippen molar-refractivity contribution in [3.05, 3.63) is 29.8 Å². The number of nitrogens with one attached hydrogen (secondary N) is 1. The molecular formula is C15H23NO3. The number of rotatable bonds is 7. The van der Waals surface area contributed by atoms with E-state index in [9.17, 15) is 4.79 Å². The monoisotopic (exact) mass is 265 g/mol. The number of carbonyl (C=O) groups is 1. The van der Waals surface area contributed by atoms with Gasteiger partial charge in [-0.25, -0.2) is 0 Å². The van der Waals surface area contributed by atoms with Crippen molar-refractivity contribution in [2.45, 2.75) is 39.3 Å². The lowest BCUT2D eigenvalue weighted by molar-refractivity contribution is -0.129. The van der Waals surface area contributed by atoms with Gasteiger partial charge in [0.25, 0.3) is 5.91 Å². The average Bonchev–Trinajstić information content (AvgIpc) is 2.38. The Morgan fingerprint density at radius 1 is 1.32 bits per heavy atom. The van der Waals surface area contributed by atoms with Crippen LogP contribution in [-0.2, 0) is 9.53 Å². The summed E-state index contributed by atoms with van der Waals surface area (Å²) in [6.45, 7) is 6.34.